The Balaban J connectivity index is 1.59. The third-order valence-corrected chi connectivity index (χ3v) is 9.06. The Morgan fingerprint density at radius 3 is 2.66 bits per heavy atom. The number of methoxy groups -OCH3 is 2. The normalized spacial score (nSPS) is 26.7. The van der Waals surface area contributed by atoms with Crippen molar-refractivity contribution in [1.29, 1.82) is 0 Å². The summed E-state index contributed by atoms with van der Waals surface area (Å²) in [5.74, 6) is 0.156. The van der Waals surface area contributed by atoms with Gasteiger partial charge in [-0.1, -0.05) is 6.07 Å². The number of rotatable bonds is 7. The lowest BCUT2D eigenvalue weighted by atomic mass is 9.53. The number of carbonyl (C=O) groups excluding carboxylic acids is 2. The van der Waals surface area contributed by atoms with Gasteiger partial charge >= 0.3 is 5.97 Å². The van der Waals surface area contributed by atoms with Crippen LogP contribution >= 0.6 is 0 Å². The molecule has 1 aromatic carbocycles. The van der Waals surface area contributed by atoms with Gasteiger partial charge in [0, 0.05) is 36.5 Å². The topological polar surface area (TPSA) is 121 Å². The molecule has 9 heteroatoms. The number of ether oxygens (including phenoxy) is 2. The van der Waals surface area contributed by atoms with E-state index in [0.29, 0.717) is 12.3 Å². The molecule has 3 aliphatic rings. The molecule has 1 aliphatic heterocycles. The first-order valence-corrected chi connectivity index (χ1v) is 13.3. The smallest absolute Gasteiger partial charge is 0.325 e. The maximum atomic E-state index is 13.0. The molecule has 2 heterocycles. The number of piperidine rings is 1. The van der Waals surface area contributed by atoms with Crippen LogP contribution in [0.4, 0.5) is 0 Å². The van der Waals surface area contributed by atoms with Gasteiger partial charge in [-0.15, -0.1) is 0 Å². The van der Waals surface area contributed by atoms with Crippen LogP contribution in [-0.4, -0.2) is 72.4 Å². The number of likely N-dealkylation sites (tertiary alicyclic amines) is 1. The maximum Gasteiger partial charge on any atom is 0.325 e. The van der Waals surface area contributed by atoms with Crippen molar-refractivity contribution >= 4 is 11.9 Å². The minimum Gasteiger partial charge on any atom is -0.497 e. The van der Waals surface area contributed by atoms with E-state index in [1.807, 2.05) is 18.2 Å². The van der Waals surface area contributed by atoms with E-state index in [2.05, 4.69) is 33.8 Å². The van der Waals surface area contributed by atoms with Crippen LogP contribution in [0.25, 0.3) is 0 Å². The van der Waals surface area contributed by atoms with Gasteiger partial charge in [-0.3, -0.25) is 19.3 Å². The van der Waals surface area contributed by atoms with Crippen LogP contribution in [0.1, 0.15) is 58.9 Å². The number of benzene rings is 1. The Bertz CT molecular complexity index is 1320. The van der Waals surface area contributed by atoms with Crippen molar-refractivity contribution in [3.8, 4) is 5.75 Å². The summed E-state index contributed by atoms with van der Waals surface area (Å²) in [7, 11) is 2.87. The largest absolute Gasteiger partial charge is 0.497 e. The molecule has 0 radical (unpaired) electrons. The zero-order chi connectivity index (χ0) is 27.2. The third-order valence-electron chi connectivity index (χ3n) is 9.06. The molecule has 1 aromatic heterocycles. The van der Waals surface area contributed by atoms with Crippen molar-refractivity contribution in [2.75, 3.05) is 33.9 Å². The Morgan fingerprint density at radius 1 is 1.21 bits per heavy atom. The highest BCUT2D eigenvalue weighted by Gasteiger charge is 2.61. The first kappa shape index (κ1) is 26.4. The zero-order valence-electron chi connectivity index (χ0n) is 22.6. The van der Waals surface area contributed by atoms with Crippen LogP contribution in [0.15, 0.2) is 29.1 Å². The number of fused-ring (bicyclic) bond motifs is 2. The number of aryl methyl sites for hydroxylation is 1. The number of hydrogen-bond donors (Lipinski definition) is 3. The number of hydrogen-bond acceptors (Lipinski definition) is 7. The molecule has 2 fully saturated rings. The molecule has 1 amide bonds. The van der Waals surface area contributed by atoms with Crippen molar-refractivity contribution < 1.29 is 24.2 Å². The van der Waals surface area contributed by atoms with Gasteiger partial charge in [-0.2, -0.15) is 0 Å². The van der Waals surface area contributed by atoms with Crippen LogP contribution in [0.2, 0.25) is 0 Å². The second-order valence-corrected chi connectivity index (χ2v) is 11.2. The average molecular weight is 524 g/mol. The van der Waals surface area contributed by atoms with Crippen molar-refractivity contribution in [3.05, 3.63) is 62.6 Å². The first-order valence-electron chi connectivity index (χ1n) is 13.3. The quantitative estimate of drug-likeness (QED) is 0.474. The molecule has 0 bridgehead atoms. The predicted octanol–water partition coefficient (Wildman–Crippen LogP) is 1.87. The van der Waals surface area contributed by atoms with Crippen LogP contribution in [0.5, 0.6) is 5.75 Å². The fraction of sp³-hybridized carbons (Fsp3) is 0.552. The first-order chi connectivity index (χ1) is 18.1. The second kappa shape index (κ2) is 9.85. The lowest BCUT2D eigenvalue weighted by Gasteiger charge is -2.60. The SMILES string of the molecule is COC(=O)CNC(=O)c1cc2c([nH]c1=O)CC1(c3cc(OC)ccc3C)CCN(CC3CC3)C(C)C1(O)C2. The highest BCUT2D eigenvalue weighted by Crippen LogP contribution is 2.54. The number of carbonyl (C=O) groups is 2. The molecule has 1 saturated heterocycles. The number of amides is 1. The highest BCUT2D eigenvalue weighted by molar-refractivity contribution is 5.95. The zero-order valence-corrected chi connectivity index (χ0v) is 22.6. The molecule has 3 N–H and O–H groups in total. The molecule has 2 aromatic rings. The molecule has 0 spiro atoms. The number of aliphatic hydroxyl groups is 1. The molecular formula is C29H37N3O6. The Labute approximate surface area is 222 Å². The summed E-state index contributed by atoms with van der Waals surface area (Å²) in [6.45, 7) is 5.65. The van der Waals surface area contributed by atoms with Gasteiger partial charge in [0.2, 0.25) is 0 Å². The van der Waals surface area contributed by atoms with Crippen LogP contribution in [0, 0.1) is 12.8 Å². The number of nitrogens with one attached hydrogen (secondary N) is 2. The molecule has 204 valence electrons. The van der Waals surface area contributed by atoms with E-state index in [0.717, 1.165) is 47.6 Å². The summed E-state index contributed by atoms with van der Waals surface area (Å²) in [5, 5.41) is 15.2. The number of esters is 1. The Morgan fingerprint density at radius 2 is 1.97 bits per heavy atom. The molecular weight excluding hydrogens is 486 g/mol. The number of aromatic nitrogens is 1. The van der Waals surface area contributed by atoms with Crippen LogP contribution in [0.3, 0.4) is 0 Å². The van der Waals surface area contributed by atoms with Gasteiger partial charge in [0.1, 0.15) is 17.9 Å². The summed E-state index contributed by atoms with van der Waals surface area (Å²) in [5.41, 5.74) is 1.17. The van der Waals surface area contributed by atoms with Gasteiger partial charge in [-0.25, -0.2) is 0 Å². The number of nitrogens with zero attached hydrogens (tertiary/aromatic N) is 1. The molecule has 9 nitrogen and oxygen atoms in total. The molecule has 5 rings (SSSR count). The fourth-order valence-electron chi connectivity index (χ4n) is 6.60. The Hall–Kier alpha value is -3.17. The van der Waals surface area contributed by atoms with Gasteiger partial charge in [0.25, 0.3) is 11.5 Å². The summed E-state index contributed by atoms with van der Waals surface area (Å²) < 4.78 is 10.1. The average Bonchev–Trinajstić information content (AvgIpc) is 3.73. The maximum absolute atomic E-state index is 13.0. The van der Waals surface area contributed by atoms with E-state index in [1.54, 1.807) is 13.2 Å². The lowest BCUT2D eigenvalue weighted by Crippen LogP contribution is -2.71. The standard InChI is InChI=1S/C29H37N3O6/c1-17-5-8-21(37-3)12-23(17)28-9-10-32(16-19-6-7-19)18(2)29(28,36)13-20-11-22(27(35)31-24(20)14-28)26(34)30-15-25(33)38-4/h5,8,11-12,18-19,36H,6-7,9-10,13-16H2,1-4H3,(H,30,34)(H,31,35). The van der Waals surface area contributed by atoms with Crippen molar-refractivity contribution in [3.63, 3.8) is 0 Å². The summed E-state index contributed by atoms with van der Waals surface area (Å²) >= 11 is 0. The molecule has 38 heavy (non-hydrogen) atoms. The minimum atomic E-state index is -1.15. The third kappa shape index (κ3) is 4.41. The predicted molar refractivity (Wildman–Crippen MR) is 142 cm³/mol. The Kier molecular flexibility index (Phi) is 6.86. The van der Waals surface area contributed by atoms with E-state index < -0.39 is 28.5 Å². The monoisotopic (exact) mass is 523 g/mol. The molecule has 1 saturated carbocycles. The van der Waals surface area contributed by atoms with Gasteiger partial charge in [0.05, 0.1) is 19.8 Å². The van der Waals surface area contributed by atoms with Gasteiger partial charge in [0.15, 0.2) is 0 Å². The van der Waals surface area contributed by atoms with Gasteiger partial charge in [-0.05, 0) is 80.5 Å². The highest BCUT2D eigenvalue weighted by atomic mass is 16.5. The van der Waals surface area contributed by atoms with Crippen LogP contribution in [-0.2, 0) is 27.8 Å². The molecule has 2 aliphatic carbocycles. The van der Waals surface area contributed by atoms with Crippen molar-refractivity contribution in [2.24, 2.45) is 5.92 Å². The fourth-order valence-corrected chi connectivity index (χ4v) is 6.60. The van der Waals surface area contributed by atoms with E-state index in [-0.39, 0.29) is 24.6 Å². The van der Waals surface area contributed by atoms with Crippen molar-refractivity contribution in [1.82, 2.24) is 15.2 Å². The summed E-state index contributed by atoms with van der Waals surface area (Å²) in [4.78, 5) is 42.6. The molecule has 3 atom stereocenters. The molecule has 3 unspecified atom stereocenters. The van der Waals surface area contributed by atoms with E-state index >= 15 is 0 Å². The van der Waals surface area contributed by atoms with E-state index in [1.165, 1.54) is 20.0 Å². The van der Waals surface area contributed by atoms with E-state index in [9.17, 15) is 19.5 Å². The van der Waals surface area contributed by atoms with Crippen LogP contribution < -0.4 is 15.6 Å². The number of aromatic amines is 1. The van der Waals surface area contributed by atoms with Gasteiger partial charge < -0.3 is 24.9 Å². The number of H-pyrrole nitrogens is 1. The number of pyridine rings is 1. The van der Waals surface area contributed by atoms with E-state index in [4.69, 9.17) is 4.74 Å². The minimum absolute atomic E-state index is 0.0837. The second-order valence-electron chi connectivity index (χ2n) is 11.2. The van der Waals surface area contributed by atoms with Crippen molar-refractivity contribution in [2.45, 2.75) is 63.0 Å². The summed E-state index contributed by atoms with van der Waals surface area (Å²) in [6, 6.07) is 7.42. The summed E-state index contributed by atoms with van der Waals surface area (Å²) in [6.07, 6.45) is 3.92. The lowest BCUT2D eigenvalue weighted by molar-refractivity contribution is -0.139.